The fraction of sp³-hybridized carbons (Fsp3) is 0.0667. The third-order valence-corrected chi connectivity index (χ3v) is 6.38. The molecule has 0 atom stereocenters. The number of carbonyl (C=O) groups is 1. The minimum absolute atomic E-state index is 0.204. The fourth-order valence-electron chi connectivity index (χ4n) is 4.68. The van der Waals surface area contributed by atoms with Gasteiger partial charge >= 0.3 is 0 Å². The van der Waals surface area contributed by atoms with Crippen LogP contribution >= 0.6 is 0 Å². The van der Waals surface area contributed by atoms with Crippen LogP contribution in [0, 0.1) is 0 Å². The summed E-state index contributed by atoms with van der Waals surface area (Å²) < 4.78 is 6.88. The lowest BCUT2D eigenvalue weighted by Crippen LogP contribution is -2.26. The number of fused-ring (bicyclic) bond motifs is 1. The summed E-state index contributed by atoms with van der Waals surface area (Å²) in [5.74, 6) is 0.515. The van der Waals surface area contributed by atoms with Crippen LogP contribution < -0.4 is 10.1 Å². The number of methoxy groups -OCH3 is 1. The number of anilines is 1. The van der Waals surface area contributed by atoms with E-state index in [1.165, 1.54) is 6.33 Å². The summed E-state index contributed by atoms with van der Waals surface area (Å²) in [6, 6.07) is 27.5. The molecule has 0 radical (unpaired) electrons. The molecule has 3 aromatic carbocycles. The third-order valence-electron chi connectivity index (χ3n) is 6.38. The molecule has 5 aromatic rings. The average Bonchev–Trinajstić information content (AvgIpc) is 3.35. The number of hydrogen-bond acceptors (Lipinski definition) is 6. The monoisotopic (exact) mass is 485 g/mol. The molecule has 0 saturated heterocycles. The first-order valence-corrected chi connectivity index (χ1v) is 11.9. The van der Waals surface area contributed by atoms with Crippen LogP contribution in [-0.2, 0) is 6.42 Å². The van der Waals surface area contributed by atoms with Gasteiger partial charge in [-0.3, -0.25) is 4.79 Å². The largest absolute Gasteiger partial charge is 0.497 e. The highest BCUT2D eigenvalue weighted by Crippen LogP contribution is 2.40. The first-order valence-electron chi connectivity index (χ1n) is 11.9. The van der Waals surface area contributed by atoms with Crippen molar-refractivity contribution >= 4 is 17.2 Å². The van der Waals surface area contributed by atoms with E-state index in [-0.39, 0.29) is 5.91 Å². The van der Waals surface area contributed by atoms with Gasteiger partial charge in [0.25, 0.3) is 5.91 Å². The van der Waals surface area contributed by atoms with E-state index < -0.39 is 0 Å². The second-order valence-electron chi connectivity index (χ2n) is 8.63. The lowest BCUT2D eigenvalue weighted by Gasteiger charge is -2.23. The third kappa shape index (κ3) is 4.16. The van der Waals surface area contributed by atoms with Gasteiger partial charge in [0.15, 0.2) is 0 Å². The number of aromatic nitrogens is 4. The van der Waals surface area contributed by atoms with Gasteiger partial charge in [-0.05, 0) is 23.3 Å². The topological polar surface area (TPSA) is 81.9 Å². The van der Waals surface area contributed by atoms with Crippen molar-refractivity contribution in [2.75, 3.05) is 12.4 Å². The smallest absolute Gasteiger partial charge is 0.280 e. The number of ether oxygens (including phenoxy) is 1. The van der Waals surface area contributed by atoms with Gasteiger partial charge in [0.2, 0.25) is 0 Å². The summed E-state index contributed by atoms with van der Waals surface area (Å²) in [5, 5.41) is 8.30. The molecular formula is C30H23N5O2. The van der Waals surface area contributed by atoms with E-state index >= 15 is 0 Å². The van der Waals surface area contributed by atoms with Gasteiger partial charge in [-0.2, -0.15) is 9.78 Å². The zero-order valence-corrected chi connectivity index (χ0v) is 20.1. The first-order chi connectivity index (χ1) is 18.2. The number of nitrogens with zero attached hydrogens (tertiary/aromatic N) is 4. The number of allylic oxidation sites excluding steroid dienone is 2. The van der Waals surface area contributed by atoms with Crippen LogP contribution in [0.15, 0.2) is 109 Å². The molecule has 0 bridgehead atoms. The number of carbonyl (C=O) groups excluding carboxylic acids is 1. The van der Waals surface area contributed by atoms with Gasteiger partial charge in [-0.25, -0.2) is 9.97 Å². The van der Waals surface area contributed by atoms with E-state index in [0.717, 1.165) is 45.1 Å². The average molecular weight is 486 g/mol. The van der Waals surface area contributed by atoms with E-state index in [1.54, 1.807) is 24.2 Å². The summed E-state index contributed by atoms with van der Waals surface area (Å²) in [5.41, 5.74) is 7.27. The Morgan fingerprint density at radius 1 is 0.811 bits per heavy atom. The molecule has 0 saturated carbocycles. The normalized spacial score (nSPS) is 12.8. The van der Waals surface area contributed by atoms with Crippen LogP contribution in [-0.4, -0.2) is 32.8 Å². The molecule has 37 heavy (non-hydrogen) atoms. The summed E-state index contributed by atoms with van der Waals surface area (Å²) >= 11 is 0. The molecule has 180 valence electrons. The quantitative estimate of drug-likeness (QED) is 0.331. The van der Waals surface area contributed by atoms with E-state index in [4.69, 9.17) is 9.84 Å². The van der Waals surface area contributed by atoms with Crippen molar-refractivity contribution in [1.82, 2.24) is 19.7 Å². The zero-order chi connectivity index (χ0) is 25.2. The molecule has 0 fully saturated rings. The Labute approximate surface area is 214 Å². The van der Waals surface area contributed by atoms with Crippen molar-refractivity contribution in [3.63, 3.8) is 0 Å². The van der Waals surface area contributed by atoms with Crippen LogP contribution in [0.3, 0.4) is 0 Å². The zero-order valence-electron chi connectivity index (χ0n) is 20.1. The molecule has 1 aliphatic heterocycles. The maximum atomic E-state index is 14.1. The molecular weight excluding hydrogens is 462 g/mol. The minimum atomic E-state index is -0.204. The maximum absolute atomic E-state index is 14.1. The molecule has 1 aliphatic rings. The standard InChI is InChI=1S/C30H23N5O2/c1-37-24-14-12-21(13-15-24)27-25(33-23-17-31-19-32-18-23)16-26-28(20-8-4-2-5-9-20)29(34-35(26)30(27)36)22-10-6-3-7-11-22/h2-15,17-19,33H,16H2,1H3. The Kier molecular flexibility index (Phi) is 5.78. The fourth-order valence-corrected chi connectivity index (χ4v) is 4.68. The van der Waals surface area contributed by atoms with E-state index in [1.807, 2.05) is 72.8 Å². The molecule has 0 aliphatic carbocycles. The van der Waals surface area contributed by atoms with Crippen LogP contribution in [0.2, 0.25) is 0 Å². The van der Waals surface area contributed by atoms with Crippen LogP contribution in [0.4, 0.5) is 5.69 Å². The lowest BCUT2D eigenvalue weighted by atomic mass is 9.92. The van der Waals surface area contributed by atoms with Gasteiger partial charge < -0.3 is 10.1 Å². The predicted molar refractivity (Wildman–Crippen MR) is 143 cm³/mol. The van der Waals surface area contributed by atoms with Gasteiger partial charge in [0, 0.05) is 23.2 Å². The predicted octanol–water partition coefficient (Wildman–Crippen LogP) is 5.74. The molecule has 6 rings (SSSR count). The highest BCUT2D eigenvalue weighted by atomic mass is 16.5. The Bertz CT molecular complexity index is 1590. The van der Waals surface area contributed by atoms with Crippen molar-refractivity contribution in [2.45, 2.75) is 6.42 Å². The second kappa shape index (κ2) is 9.54. The molecule has 7 heteroatoms. The summed E-state index contributed by atoms with van der Waals surface area (Å²) in [6.07, 6.45) is 5.32. The summed E-state index contributed by atoms with van der Waals surface area (Å²) in [4.78, 5) is 22.4. The minimum Gasteiger partial charge on any atom is -0.497 e. The van der Waals surface area contributed by atoms with E-state index in [2.05, 4.69) is 27.4 Å². The molecule has 7 nitrogen and oxygen atoms in total. The van der Waals surface area contributed by atoms with Gasteiger partial charge in [0.05, 0.1) is 36.5 Å². The maximum Gasteiger partial charge on any atom is 0.280 e. The van der Waals surface area contributed by atoms with Crippen molar-refractivity contribution in [1.29, 1.82) is 0 Å². The first kappa shape index (κ1) is 22.4. The highest BCUT2D eigenvalue weighted by molar-refractivity contribution is 6.23. The number of hydrogen-bond donors (Lipinski definition) is 1. The SMILES string of the molecule is COc1ccc(C2=C(Nc3cncnc3)Cc3c(-c4ccccc4)c(-c4ccccc4)nn3C2=O)cc1. The van der Waals surface area contributed by atoms with Crippen LogP contribution in [0.1, 0.15) is 16.1 Å². The van der Waals surface area contributed by atoms with Crippen molar-refractivity contribution in [2.24, 2.45) is 0 Å². The Morgan fingerprint density at radius 2 is 1.46 bits per heavy atom. The van der Waals surface area contributed by atoms with Crippen molar-refractivity contribution in [3.8, 4) is 28.1 Å². The molecule has 0 spiro atoms. The molecule has 0 unspecified atom stereocenters. The number of rotatable bonds is 6. The highest BCUT2D eigenvalue weighted by Gasteiger charge is 2.33. The second-order valence-corrected chi connectivity index (χ2v) is 8.63. The van der Waals surface area contributed by atoms with Gasteiger partial charge in [0.1, 0.15) is 17.8 Å². The molecule has 3 heterocycles. The van der Waals surface area contributed by atoms with E-state index in [0.29, 0.717) is 17.7 Å². The van der Waals surface area contributed by atoms with Gasteiger partial charge in [-0.1, -0.05) is 72.8 Å². The Balaban J connectivity index is 1.56. The van der Waals surface area contributed by atoms with Crippen molar-refractivity contribution in [3.05, 3.63) is 121 Å². The van der Waals surface area contributed by atoms with Crippen LogP contribution in [0.25, 0.3) is 28.0 Å². The summed E-state index contributed by atoms with van der Waals surface area (Å²) in [7, 11) is 1.62. The van der Waals surface area contributed by atoms with Crippen LogP contribution in [0.5, 0.6) is 5.75 Å². The Morgan fingerprint density at radius 3 is 2.11 bits per heavy atom. The Hall–Kier alpha value is -5.04. The molecule has 2 aromatic heterocycles. The van der Waals surface area contributed by atoms with E-state index in [9.17, 15) is 4.79 Å². The molecule has 0 amide bonds. The number of nitrogens with one attached hydrogen (secondary N) is 1. The lowest BCUT2D eigenvalue weighted by molar-refractivity contribution is 0.0958. The molecule has 1 N–H and O–H groups in total. The number of benzene rings is 3. The van der Waals surface area contributed by atoms with Gasteiger partial charge in [-0.15, -0.1) is 0 Å². The van der Waals surface area contributed by atoms with Crippen molar-refractivity contribution < 1.29 is 9.53 Å². The summed E-state index contributed by atoms with van der Waals surface area (Å²) in [6.45, 7) is 0.